The van der Waals surface area contributed by atoms with E-state index in [1.807, 2.05) is 20.8 Å². The number of carboxylic acid groups (broad SMARTS) is 1. The molecule has 0 aliphatic carbocycles. The number of aromatic carboxylic acids is 1. The second-order valence-corrected chi connectivity index (χ2v) is 5.92. The Balaban J connectivity index is 2.56. The van der Waals surface area contributed by atoms with Crippen LogP contribution in [-0.4, -0.2) is 29.9 Å². The van der Waals surface area contributed by atoms with Gasteiger partial charge in [-0.05, 0) is 61.6 Å². The van der Waals surface area contributed by atoms with E-state index in [4.69, 9.17) is 14.6 Å². The fraction of sp³-hybridized carbons (Fsp3) is 0.462. The van der Waals surface area contributed by atoms with Crippen molar-refractivity contribution in [2.24, 2.45) is 0 Å². The number of benzene rings is 1. The van der Waals surface area contributed by atoms with Crippen LogP contribution in [0.5, 0.6) is 5.75 Å². The second-order valence-electron chi connectivity index (χ2n) is 4.76. The Morgan fingerprint density at radius 1 is 1.33 bits per heavy atom. The largest absolute Gasteiger partial charge is 0.490 e. The van der Waals surface area contributed by atoms with Crippen LogP contribution in [0.2, 0.25) is 0 Å². The van der Waals surface area contributed by atoms with Crippen molar-refractivity contribution in [3.05, 3.63) is 27.3 Å². The van der Waals surface area contributed by atoms with Gasteiger partial charge in [-0.25, -0.2) is 4.79 Å². The normalized spacial score (nSPS) is 11.3. The first-order chi connectivity index (χ1) is 8.29. The van der Waals surface area contributed by atoms with Gasteiger partial charge in [-0.15, -0.1) is 0 Å². The molecule has 1 rings (SSSR count). The van der Waals surface area contributed by atoms with E-state index in [2.05, 4.69) is 22.6 Å². The summed E-state index contributed by atoms with van der Waals surface area (Å²) in [5.74, 6) is -0.379. The first-order valence-electron chi connectivity index (χ1n) is 5.59. The first-order valence-corrected chi connectivity index (χ1v) is 6.67. The summed E-state index contributed by atoms with van der Waals surface area (Å²) < 4.78 is 11.9. The maximum absolute atomic E-state index is 10.8. The van der Waals surface area contributed by atoms with Crippen molar-refractivity contribution in [3.8, 4) is 5.75 Å². The molecule has 5 heteroatoms. The number of hydrogen-bond acceptors (Lipinski definition) is 3. The third-order valence-electron chi connectivity index (χ3n) is 2.05. The molecular formula is C13H17IO4. The minimum absolute atomic E-state index is 0.195. The molecule has 0 fully saturated rings. The molecule has 0 aromatic heterocycles. The zero-order chi connectivity index (χ0) is 13.8. The van der Waals surface area contributed by atoms with Crippen molar-refractivity contribution in [2.45, 2.75) is 26.4 Å². The number of ether oxygens (including phenoxy) is 2. The summed E-state index contributed by atoms with van der Waals surface area (Å²) >= 11 is 2.11. The molecule has 0 amide bonds. The van der Waals surface area contributed by atoms with Gasteiger partial charge in [0, 0.05) is 0 Å². The molecule has 0 aliphatic rings. The van der Waals surface area contributed by atoms with Gasteiger partial charge in [0.05, 0.1) is 21.3 Å². The average molecular weight is 364 g/mol. The lowest BCUT2D eigenvalue weighted by atomic mass is 10.2. The van der Waals surface area contributed by atoms with Crippen LogP contribution >= 0.6 is 22.6 Å². The highest BCUT2D eigenvalue weighted by Gasteiger charge is 2.11. The summed E-state index contributed by atoms with van der Waals surface area (Å²) in [6, 6.07) is 4.81. The van der Waals surface area contributed by atoms with Gasteiger partial charge in [0.25, 0.3) is 0 Å². The van der Waals surface area contributed by atoms with E-state index >= 15 is 0 Å². The number of halogens is 1. The third kappa shape index (κ3) is 5.22. The van der Waals surface area contributed by atoms with Gasteiger partial charge < -0.3 is 14.6 Å². The first kappa shape index (κ1) is 15.2. The summed E-state index contributed by atoms with van der Waals surface area (Å²) in [6.07, 6.45) is 0. The fourth-order valence-electron chi connectivity index (χ4n) is 1.25. The minimum Gasteiger partial charge on any atom is -0.490 e. The lowest BCUT2D eigenvalue weighted by Crippen LogP contribution is -2.22. The predicted molar refractivity (Wildman–Crippen MR) is 77.3 cm³/mol. The summed E-state index contributed by atoms with van der Waals surface area (Å²) in [7, 11) is 0. The SMILES string of the molecule is CC(C)(C)OCCOc1cc(C(=O)O)ccc1I. The van der Waals surface area contributed by atoms with Gasteiger partial charge in [-0.3, -0.25) is 0 Å². The van der Waals surface area contributed by atoms with E-state index in [-0.39, 0.29) is 11.2 Å². The van der Waals surface area contributed by atoms with Gasteiger partial charge >= 0.3 is 5.97 Å². The maximum atomic E-state index is 10.8. The monoisotopic (exact) mass is 364 g/mol. The molecule has 0 atom stereocenters. The Morgan fingerprint density at radius 2 is 2.00 bits per heavy atom. The molecule has 4 nitrogen and oxygen atoms in total. The van der Waals surface area contributed by atoms with E-state index < -0.39 is 5.97 Å². The van der Waals surface area contributed by atoms with Gasteiger partial charge in [-0.1, -0.05) is 0 Å². The zero-order valence-corrected chi connectivity index (χ0v) is 12.9. The topological polar surface area (TPSA) is 55.8 Å². The van der Waals surface area contributed by atoms with Crippen molar-refractivity contribution in [3.63, 3.8) is 0 Å². The molecule has 0 aliphatic heterocycles. The van der Waals surface area contributed by atoms with Crippen molar-refractivity contribution < 1.29 is 19.4 Å². The molecule has 0 saturated heterocycles. The van der Waals surface area contributed by atoms with Crippen LogP contribution in [0.1, 0.15) is 31.1 Å². The highest BCUT2D eigenvalue weighted by molar-refractivity contribution is 14.1. The van der Waals surface area contributed by atoms with Gasteiger partial charge in [0.2, 0.25) is 0 Å². The van der Waals surface area contributed by atoms with E-state index in [0.717, 1.165) is 3.57 Å². The smallest absolute Gasteiger partial charge is 0.335 e. The lowest BCUT2D eigenvalue weighted by molar-refractivity contribution is -0.0163. The van der Waals surface area contributed by atoms with Crippen LogP contribution in [0, 0.1) is 3.57 Å². The Kier molecular flexibility index (Phi) is 5.40. The Hall–Kier alpha value is -0.820. The summed E-state index contributed by atoms with van der Waals surface area (Å²) in [4.78, 5) is 10.8. The van der Waals surface area contributed by atoms with Gasteiger partial charge in [-0.2, -0.15) is 0 Å². The fourth-order valence-corrected chi connectivity index (χ4v) is 1.74. The molecule has 1 aromatic carbocycles. The summed E-state index contributed by atoms with van der Waals surface area (Å²) in [5.41, 5.74) is 0.0292. The van der Waals surface area contributed by atoms with E-state index in [9.17, 15) is 4.79 Å². The molecule has 0 heterocycles. The van der Waals surface area contributed by atoms with Crippen molar-refractivity contribution in [1.82, 2.24) is 0 Å². The minimum atomic E-state index is -0.956. The van der Waals surface area contributed by atoms with Crippen molar-refractivity contribution >= 4 is 28.6 Å². The molecule has 0 unspecified atom stereocenters. The zero-order valence-electron chi connectivity index (χ0n) is 10.7. The molecule has 1 N–H and O–H groups in total. The van der Waals surface area contributed by atoms with Crippen molar-refractivity contribution in [1.29, 1.82) is 0 Å². The highest BCUT2D eigenvalue weighted by Crippen LogP contribution is 2.22. The Morgan fingerprint density at radius 3 is 2.56 bits per heavy atom. The number of carboxylic acids is 1. The quantitative estimate of drug-likeness (QED) is 0.644. The Bertz CT molecular complexity index is 423. The van der Waals surface area contributed by atoms with Crippen LogP contribution in [0.3, 0.4) is 0 Å². The number of hydrogen-bond donors (Lipinski definition) is 1. The number of carbonyl (C=O) groups is 1. The van der Waals surface area contributed by atoms with Crippen LogP contribution in [0.15, 0.2) is 18.2 Å². The van der Waals surface area contributed by atoms with Crippen molar-refractivity contribution in [2.75, 3.05) is 13.2 Å². The van der Waals surface area contributed by atoms with E-state index in [0.29, 0.717) is 19.0 Å². The lowest BCUT2D eigenvalue weighted by Gasteiger charge is -2.19. The molecule has 0 bridgehead atoms. The maximum Gasteiger partial charge on any atom is 0.335 e. The molecule has 0 spiro atoms. The highest BCUT2D eigenvalue weighted by atomic mass is 127. The summed E-state index contributed by atoms with van der Waals surface area (Å²) in [6.45, 7) is 6.79. The van der Waals surface area contributed by atoms with Crippen LogP contribution in [0.25, 0.3) is 0 Å². The molecule has 1 aromatic rings. The standard InChI is InChI=1S/C13H17IO4/c1-13(2,3)18-7-6-17-11-8-9(12(15)16)4-5-10(11)14/h4-5,8H,6-7H2,1-3H3,(H,15,16). The predicted octanol–water partition coefficient (Wildman–Crippen LogP) is 3.18. The van der Waals surface area contributed by atoms with E-state index in [1.165, 1.54) is 6.07 Å². The van der Waals surface area contributed by atoms with Crippen LogP contribution in [0.4, 0.5) is 0 Å². The van der Waals surface area contributed by atoms with Crippen LogP contribution in [-0.2, 0) is 4.74 Å². The average Bonchev–Trinajstić information content (AvgIpc) is 2.24. The molecular weight excluding hydrogens is 347 g/mol. The number of rotatable bonds is 5. The third-order valence-corrected chi connectivity index (χ3v) is 2.95. The Labute approximate surface area is 120 Å². The molecule has 0 saturated carbocycles. The van der Waals surface area contributed by atoms with Gasteiger partial charge in [0.1, 0.15) is 12.4 Å². The second kappa shape index (κ2) is 6.38. The molecule has 18 heavy (non-hydrogen) atoms. The van der Waals surface area contributed by atoms with Crippen LogP contribution < -0.4 is 4.74 Å². The van der Waals surface area contributed by atoms with E-state index in [1.54, 1.807) is 12.1 Å². The summed E-state index contributed by atoms with van der Waals surface area (Å²) in [5, 5.41) is 8.90. The molecule has 0 radical (unpaired) electrons. The molecule has 100 valence electrons. The van der Waals surface area contributed by atoms with Gasteiger partial charge in [0.15, 0.2) is 0 Å².